The van der Waals surface area contributed by atoms with Crippen LogP contribution in [0.15, 0.2) is 48.5 Å². The van der Waals surface area contributed by atoms with Crippen molar-refractivity contribution in [1.82, 2.24) is 9.97 Å². The van der Waals surface area contributed by atoms with Crippen LogP contribution < -0.4 is 14.5 Å². The predicted molar refractivity (Wildman–Crippen MR) is 135 cm³/mol. The minimum atomic E-state index is -0.190. The van der Waals surface area contributed by atoms with E-state index in [-0.39, 0.29) is 11.1 Å². The summed E-state index contributed by atoms with van der Waals surface area (Å²) in [7, 11) is 0. The van der Waals surface area contributed by atoms with Gasteiger partial charge in [0, 0.05) is 36.6 Å². The van der Waals surface area contributed by atoms with Crippen molar-refractivity contribution >= 4 is 44.7 Å². The third-order valence-corrected chi connectivity index (χ3v) is 7.08. The van der Waals surface area contributed by atoms with E-state index in [2.05, 4.69) is 38.8 Å². The average Bonchev–Trinajstić information content (AvgIpc) is 3.15. The number of piperazine rings is 1. The fraction of sp³-hybridized carbons (Fsp3) is 0.280. The van der Waals surface area contributed by atoms with Crippen molar-refractivity contribution in [1.29, 1.82) is 0 Å². The van der Waals surface area contributed by atoms with E-state index in [1.165, 1.54) is 6.07 Å². The number of rotatable bonds is 5. The van der Waals surface area contributed by atoms with E-state index in [4.69, 9.17) is 16.3 Å². The molecule has 0 spiro atoms. The number of para-hydroxylation sites is 1. The first kappa shape index (κ1) is 21.9. The van der Waals surface area contributed by atoms with Crippen LogP contribution in [0.4, 0.5) is 15.9 Å². The van der Waals surface area contributed by atoms with Crippen molar-refractivity contribution in [3.05, 3.63) is 64.5 Å². The highest BCUT2D eigenvalue weighted by Crippen LogP contribution is 2.43. The van der Waals surface area contributed by atoms with E-state index < -0.39 is 0 Å². The molecule has 33 heavy (non-hydrogen) atoms. The Balaban J connectivity index is 1.50. The number of benzene rings is 2. The highest BCUT2D eigenvalue weighted by molar-refractivity contribution is 7.19. The number of nitrogens with zero attached hydrogens (tertiary/aromatic N) is 4. The van der Waals surface area contributed by atoms with E-state index in [1.807, 2.05) is 31.2 Å². The molecule has 2 aromatic heterocycles. The van der Waals surface area contributed by atoms with Gasteiger partial charge in [0.1, 0.15) is 22.2 Å². The Morgan fingerprint density at radius 3 is 2.39 bits per heavy atom. The largest absolute Gasteiger partial charge is 0.494 e. The fourth-order valence-corrected chi connectivity index (χ4v) is 5.65. The number of ether oxygens (including phenoxy) is 1. The van der Waals surface area contributed by atoms with E-state index in [1.54, 1.807) is 17.4 Å². The van der Waals surface area contributed by atoms with Crippen LogP contribution in [-0.2, 0) is 0 Å². The molecule has 0 atom stereocenters. The second-order valence-corrected chi connectivity index (χ2v) is 9.45. The van der Waals surface area contributed by atoms with Gasteiger partial charge in [-0.15, -0.1) is 11.3 Å². The van der Waals surface area contributed by atoms with Crippen molar-refractivity contribution in [2.75, 3.05) is 42.6 Å². The smallest absolute Gasteiger partial charge is 0.225 e. The number of fused-ring (bicyclic) bond motifs is 1. The summed E-state index contributed by atoms with van der Waals surface area (Å²) >= 11 is 7.96. The molecule has 3 heterocycles. The molecule has 1 aliphatic heterocycles. The van der Waals surface area contributed by atoms with Crippen LogP contribution in [0.1, 0.15) is 11.8 Å². The van der Waals surface area contributed by atoms with Crippen LogP contribution in [0.2, 0.25) is 5.28 Å². The maximum Gasteiger partial charge on any atom is 0.225 e. The highest BCUT2D eigenvalue weighted by Gasteiger charge is 2.25. The summed E-state index contributed by atoms with van der Waals surface area (Å²) in [6.45, 7) is 7.55. The zero-order chi connectivity index (χ0) is 22.9. The lowest BCUT2D eigenvalue weighted by atomic mass is 10.0. The topological polar surface area (TPSA) is 41.5 Å². The molecule has 2 aromatic carbocycles. The van der Waals surface area contributed by atoms with Crippen molar-refractivity contribution < 1.29 is 9.13 Å². The van der Waals surface area contributed by atoms with Gasteiger partial charge in [0.2, 0.25) is 5.28 Å². The van der Waals surface area contributed by atoms with E-state index >= 15 is 0 Å². The molecule has 5 rings (SSSR count). The van der Waals surface area contributed by atoms with Gasteiger partial charge in [-0.05, 0) is 55.3 Å². The van der Waals surface area contributed by atoms with Crippen LogP contribution in [-0.4, -0.2) is 42.8 Å². The SMILES string of the molecule is CCOc1ccc(-c2c(C)sc3nc(Cl)nc(N4CCN(c5ccccc5F)CC4)c23)cc1. The molecular formula is C25H24ClFN4OS. The molecule has 0 unspecified atom stereocenters. The molecular weight excluding hydrogens is 459 g/mol. The van der Waals surface area contributed by atoms with Gasteiger partial charge in [-0.3, -0.25) is 0 Å². The number of anilines is 2. The molecule has 0 radical (unpaired) electrons. The molecule has 1 fully saturated rings. The zero-order valence-electron chi connectivity index (χ0n) is 18.5. The minimum Gasteiger partial charge on any atom is -0.494 e. The second kappa shape index (κ2) is 9.15. The Hall–Kier alpha value is -2.90. The second-order valence-electron chi connectivity index (χ2n) is 7.91. The molecule has 170 valence electrons. The lowest BCUT2D eigenvalue weighted by molar-refractivity contribution is 0.340. The number of aromatic nitrogens is 2. The lowest BCUT2D eigenvalue weighted by Crippen LogP contribution is -2.47. The molecule has 0 saturated carbocycles. The number of thiophene rings is 1. The number of hydrogen-bond acceptors (Lipinski definition) is 6. The fourth-order valence-electron chi connectivity index (χ4n) is 4.40. The normalized spacial score (nSPS) is 14.2. The van der Waals surface area contributed by atoms with Crippen LogP contribution in [0.3, 0.4) is 0 Å². The molecule has 0 bridgehead atoms. The third kappa shape index (κ3) is 4.23. The van der Waals surface area contributed by atoms with Gasteiger partial charge in [-0.1, -0.05) is 24.3 Å². The van der Waals surface area contributed by atoms with Crippen LogP contribution in [0, 0.1) is 12.7 Å². The summed E-state index contributed by atoms with van der Waals surface area (Å²) in [5.74, 6) is 1.50. The summed E-state index contributed by atoms with van der Waals surface area (Å²) in [5, 5.41) is 1.26. The van der Waals surface area contributed by atoms with Gasteiger partial charge < -0.3 is 14.5 Å². The Bertz CT molecular complexity index is 1290. The third-order valence-electron chi connectivity index (χ3n) is 5.91. The number of halogens is 2. The molecule has 0 N–H and O–H groups in total. The quantitative estimate of drug-likeness (QED) is 0.317. The summed E-state index contributed by atoms with van der Waals surface area (Å²) in [5.41, 5.74) is 2.87. The average molecular weight is 483 g/mol. The van der Waals surface area contributed by atoms with E-state index in [0.29, 0.717) is 38.5 Å². The van der Waals surface area contributed by atoms with Crippen LogP contribution in [0.5, 0.6) is 5.75 Å². The van der Waals surface area contributed by atoms with Crippen molar-refractivity contribution in [2.45, 2.75) is 13.8 Å². The first-order chi connectivity index (χ1) is 16.0. The Kier molecular flexibility index (Phi) is 6.08. The summed E-state index contributed by atoms with van der Waals surface area (Å²) < 4.78 is 19.9. The first-order valence-electron chi connectivity index (χ1n) is 11.0. The summed E-state index contributed by atoms with van der Waals surface area (Å²) in [4.78, 5) is 15.5. The van der Waals surface area contributed by atoms with Gasteiger partial charge in [-0.25, -0.2) is 9.37 Å². The Labute approximate surface area is 201 Å². The maximum atomic E-state index is 14.3. The monoisotopic (exact) mass is 482 g/mol. The molecule has 1 saturated heterocycles. The minimum absolute atomic E-state index is 0.190. The highest BCUT2D eigenvalue weighted by atomic mass is 35.5. The summed E-state index contributed by atoms with van der Waals surface area (Å²) in [6, 6.07) is 15.1. The standard InChI is InChI=1S/C25H24ClFN4OS/c1-3-32-18-10-8-17(9-11-18)21-16(2)33-24-22(21)23(28-25(26)29-24)31-14-12-30(13-15-31)20-7-5-4-6-19(20)27/h4-11H,3,12-15H2,1-2H3. The Morgan fingerprint density at radius 2 is 1.70 bits per heavy atom. The van der Waals surface area contributed by atoms with Crippen molar-refractivity contribution in [2.24, 2.45) is 0 Å². The number of hydrogen-bond donors (Lipinski definition) is 0. The Morgan fingerprint density at radius 1 is 1.00 bits per heavy atom. The molecule has 0 aliphatic carbocycles. The van der Waals surface area contributed by atoms with Gasteiger partial charge in [0.25, 0.3) is 0 Å². The molecule has 1 aliphatic rings. The zero-order valence-corrected chi connectivity index (χ0v) is 20.1. The predicted octanol–water partition coefficient (Wildman–Crippen LogP) is 6.18. The van der Waals surface area contributed by atoms with E-state index in [0.717, 1.165) is 37.8 Å². The van der Waals surface area contributed by atoms with Gasteiger partial charge in [-0.2, -0.15) is 4.98 Å². The van der Waals surface area contributed by atoms with Gasteiger partial charge >= 0.3 is 0 Å². The van der Waals surface area contributed by atoms with Crippen LogP contribution >= 0.6 is 22.9 Å². The first-order valence-corrected chi connectivity index (χ1v) is 12.2. The van der Waals surface area contributed by atoms with Crippen molar-refractivity contribution in [3.63, 3.8) is 0 Å². The summed E-state index contributed by atoms with van der Waals surface area (Å²) in [6.07, 6.45) is 0. The van der Waals surface area contributed by atoms with Crippen molar-refractivity contribution in [3.8, 4) is 16.9 Å². The molecule has 5 nitrogen and oxygen atoms in total. The van der Waals surface area contributed by atoms with E-state index in [9.17, 15) is 4.39 Å². The molecule has 8 heteroatoms. The number of aryl methyl sites for hydroxylation is 1. The molecule has 0 amide bonds. The molecule has 4 aromatic rings. The lowest BCUT2D eigenvalue weighted by Gasteiger charge is -2.37. The maximum absolute atomic E-state index is 14.3. The van der Waals surface area contributed by atoms with Crippen LogP contribution in [0.25, 0.3) is 21.3 Å². The van der Waals surface area contributed by atoms with Gasteiger partial charge in [0.05, 0.1) is 17.7 Å². The van der Waals surface area contributed by atoms with Gasteiger partial charge in [0.15, 0.2) is 0 Å².